The number of phenolic OH excluding ortho intramolecular Hbond substituents is 1. The summed E-state index contributed by atoms with van der Waals surface area (Å²) in [6, 6.07) is 7.24. The molecule has 0 spiro atoms. The van der Waals surface area contributed by atoms with Gasteiger partial charge in [-0.25, -0.2) is 4.98 Å². The Morgan fingerprint density at radius 3 is 2.67 bits per heavy atom. The van der Waals surface area contributed by atoms with E-state index < -0.39 is 0 Å². The van der Waals surface area contributed by atoms with Crippen LogP contribution in [0, 0.1) is 0 Å². The highest BCUT2D eigenvalue weighted by atomic mass is 16.3. The minimum Gasteiger partial charge on any atom is -0.505 e. The number of fused-ring (bicyclic) bond motifs is 1. The number of nitrogens with zero attached hydrogens (tertiary/aromatic N) is 3. The number of hydrogen-bond donors (Lipinski definition) is 2. The fourth-order valence-corrected chi connectivity index (χ4v) is 2.53. The van der Waals surface area contributed by atoms with Crippen molar-refractivity contribution in [3.05, 3.63) is 36.7 Å². The Balaban J connectivity index is 2.40. The fraction of sp³-hybridized carbons (Fsp3) is 0.250. The van der Waals surface area contributed by atoms with Gasteiger partial charge in [0.25, 0.3) is 0 Å². The lowest BCUT2D eigenvalue weighted by Crippen LogP contribution is -2.22. The van der Waals surface area contributed by atoms with Crippen LogP contribution in [0.25, 0.3) is 22.4 Å². The van der Waals surface area contributed by atoms with Crippen molar-refractivity contribution in [3.63, 3.8) is 0 Å². The molecule has 0 aliphatic carbocycles. The van der Waals surface area contributed by atoms with E-state index in [9.17, 15) is 5.11 Å². The van der Waals surface area contributed by atoms with Crippen LogP contribution in [0.3, 0.4) is 0 Å². The first-order valence-electron chi connectivity index (χ1n) is 6.80. The Kier molecular flexibility index (Phi) is 2.86. The summed E-state index contributed by atoms with van der Waals surface area (Å²) in [6.07, 6.45) is 3.47. The number of nitrogens with two attached hydrogens (primary N) is 1. The average Bonchev–Trinajstić information content (AvgIpc) is 2.80. The standard InChI is InChI=1S/C16H18N4O/c1-16(2,3)20-13-7-8-18-9-12(13)19-15(20)10-5-4-6-11(17)14(10)21/h4-9,21H,17H2,1-3H3. The number of aromatic nitrogens is 3. The number of phenols is 1. The molecule has 0 unspecified atom stereocenters. The van der Waals surface area contributed by atoms with Gasteiger partial charge in [0.05, 0.1) is 23.0 Å². The molecule has 3 rings (SSSR count). The number of para-hydroxylation sites is 1. The summed E-state index contributed by atoms with van der Waals surface area (Å²) in [5.74, 6) is 0.751. The molecule has 5 nitrogen and oxygen atoms in total. The van der Waals surface area contributed by atoms with E-state index in [0.717, 1.165) is 11.0 Å². The monoisotopic (exact) mass is 282 g/mol. The predicted molar refractivity (Wildman–Crippen MR) is 84.0 cm³/mol. The highest BCUT2D eigenvalue weighted by Crippen LogP contribution is 2.37. The molecule has 2 heterocycles. The van der Waals surface area contributed by atoms with Crippen LogP contribution < -0.4 is 5.73 Å². The highest BCUT2D eigenvalue weighted by Gasteiger charge is 2.24. The SMILES string of the molecule is CC(C)(C)n1c(-c2cccc(N)c2O)nc2cnccc21. The molecule has 0 aliphatic rings. The van der Waals surface area contributed by atoms with Gasteiger partial charge in [-0.05, 0) is 39.0 Å². The van der Waals surface area contributed by atoms with Crippen LogP contribution in [-0.4, -0.2) is 19.6 Å². The van der Waals surface area contributed by atoms with Crippen LogP contribution in [-0.2, 0) is 5.54 Å². The zero-order chi connectivity index (χ0) is 15.2. The van der Waals surface area contributed by atoms with E-state index in [-0.39, 0.29) is 11.3 Å². The zero-order valence-electron chi connectivity index (χ0n) is 12.3. The maximum Gasteiger partial charge on any atom is 0.149 e. The Hall–Kier alpha value is -2.56. The van der Waals surface area contributed by atoms with E-state index in [1.165, 1.54) is 0 Å². The van der Waals surface area contributed by atoms with Gasteiger partial charge >= 0.3 is 0 Å². The Morgan fingerprint density at radius 1 is 1.19 bits per heavy atom. The van der Waals surface area contributed by atoms with Crippen LogP contribution in [0.2, 0.25) is 0 Å². The van der Waals surface area contributed by atoms with Crippen molar-refractivity contribution in [2.45, 2.75) is 26.3 Å². The summed E-state index contributed by atoms with van der Waals surface area (Å²) in [5.41, 5.74) is 8.37. The highest BCUT2D eigenvalue weighted by molar-refractivity contribution is 5.83. The molecule has 1 aromatic carbocycles. The molecule has 0 radical (unpaired) electrons. The van der Waals surface area contributed by atoms with E-state index >= 15 is 0 Å². The molecule has 0 saturated carbocycles. The zero-order valence-corrected chi connectivity index (χ0v) is 12.3. The number of anilines is 1. The molecular formula is C16H18N4O. The van der Waals surface area contributed by atoms with Crippen LogP contribution in [0.1, 0.15) is 20.8 Å². The van der Waals surface area contributed by atoms with Crippen LogP contribution in [0.5, 0.6) is 5.75 Å². The first kappa shape index (κ1) is 13.4. The second kappa shape index (κ2) is 4.48. The first-order valence-corrected chi connectivity index (χ1v) is 6.80. The van der Waals surface area contributed by atoms with Gasteiger partial charge in [-0.15, -0.1) is 0 Å². The van der Waals surface area contributed by atoms with Crippen molar-refractivity contribution < 1.29 is 5.11 Å². The molecule has 3 aromatic rings. The van der Waals surface area contributed by atoms with Crippen molar-refractivity contribution in [1.29, 1.82) is 0 Å². The lowest BCUT2D eigenvalue weighted by Gasteiger charge is -2.25. The third kappa shape index (κ3) is 2.11. The van der Waals surface area contributed by atoms with Crippen molar-refractivity contribution in [2.75, 3.05) is 5.73 Å². The maximum atomic E-state index is 10.3. The third-order valence-corrected chi connectivity index (χ3v) is 3.44. The first-order chi connectivity index (χ1) is 9.89. The van der Waals surface area contributed by atoms with Gasteiger partial charge < -0.3 is 15.4 Å². The van der Waals surface area contributed by atoms with Gasteiger partial charge in [0.2, 0.25) is 0 Å². The predicted octanol–water partition coefficient (Wildman–Crippen LogP) is 3.14. The van der Waals surface area contributed by atoms with E-state index in [4.69, 9.17) is 5.73 Å². The van der Waals surface area contributed by atoms with Crippen molar-refractivity contribution >= 4 is 16.7 Å². The minimum atomic E-state index is -0.192. The van der Waals surface area contributed by atoms with Gasteiger partial charge in [-0.2, -0.15) is 0 Å². The van der Waals surface area contributed by atoms with Gasteiger partial charge in [0.1, 0.15) is 17.1 Å². The van der Waals surface area contributed by atoms with Crippen LogP contribution >= 0.6 is 0 Å². The van der Waals surface area contributed by atoms with Gasteiger partial charge in [-0.3, -0.25) is 4.98 Å². The summed E-state index contributed by atoms with van der Waals surface area (Å²) >= 11 is 0. The number of pyridine rings is 1. The largest absolute Gasteiger partial charge is 0.505 e. The Bertz CT molecular complexity index is 815. The quantitative estimate of drug-likeness (QED) is 0.531. The lowest BCUT2D eigenvalue weighted by molar-refractivity contribution is 0.411. The normalized spacial score (nSPS) is 12.0. The van der Waals surface area contributed by atoms with Gasteiger partial charge in [0.15, 0.2) is 0 Å². The molecule has 0 fully saturated rings. The number of nitrogen functional groups attached to an aromatic ring is 1. The van der Waals surface area contributed by atoms with Crippen molar-refractivity contribution in [2.24, 2.45) is 0 Å². The fourth-order valence-electron chi connectivity index (χ4n) is 2.53. The van der Waals surface area contributed by atoms with E-state index in [2.05, 4.69) is 35.3 Å². The van der Waals surface area contributed by atoms with Crippen LogP contribution in [0.4, 0.5) is 5.69 Å². The van der Waals surface area contributed by atoms with Gasteiger partial charge in [0, 0.05) is 11.7 Å². The smallest absolute Gasteiger partial charge is 0.149 e. The molecule has 21 heavy (non-hydrogen) atoms. The summed E-state index contributed by atoms with van der Waals surface area (Å²) in [5, 5.41) is 10.3. The molecule has 0 saturated heterocycles. The number of rotatable bonds is 1. The summed E-state index contributed by atoms with van der Waals surface area (Å²) < 4.78 is 2.10. The molecule has 2 aromatic heterocycles. The van der Waals surface area contributed by atoms with E-state index in [1.54, 1.807) is 18.5 Å². The second-order valence-corrected chi connectivity index (χ2v) is 6.05. The molecule has 5 heteroatoms. The Labute approximate surface area is 123 Å². The Morgan fingerprint density at radius 2 is 1.95 bits per heavy atom. The summed E-state index contributed by atoms with van der Waals surface area (Å²) in [6.45, 7) is 6.30. The molecule has 0 bridgehead atoms. The second-order valence-electron chi connectivity index (χ2n) is 6.05. The molecular weight excluding hydrogens is 264 g/mol. The number of hydrogen-bond acceptors (Lipinski definition) is 4. The van der Waals surface area contributed by atoms with Crippen LogP contribution in [0.15, 0.2) is 36.7 Å². The van der Waals surface area contributed by atoms with E-state index in [1.807, 2.05) is 18.2 Å². The van der Waals surface area contributed by atoms with Crippen molar-refractivity contribution in [3.8, 4) is 17.1 Å². The molecule has 0 aliphatic heterocycles. The average molecular weight is 282 g/mol. The summed E-state index contributed by atoms with van der Waals surface area (Å²) in [4.78, 5) is 8.76. The summed E-state index contributed by atoms with van der Waals surface area (Å²) in [7, 11) is 0. The number of benzene rings is 1. The molecule has 108 valence electrons. The number of imidazole rings is 1. The molecule has 3 N–H and O–H groups in total. The minimum absolute atomic E-state index is 0.0614. The topological polar surface area (TPSA) is 77.0 Å². The van der Waals surface area contributed by atoms with Crippen molar-refractivity contribution in [1.82, 2.24) is 14.5 Å². The van der Waals surface area contributed by atoms with E-state index in [0.29, 0.717) is 17.1 Å². The lowest BCUT2D eigenvalue weighted by atomic mass is 10.1. The third-order valence-electron chi connectivity index (χ3n) is 3.44. The maximum absolute atomic E-state index is 10.3. The van der Waals surface area contributed by atoms with Gasteiger partial charge in [-0.1, -0.05) is 6.07 Å². The molecule has 0 amide bonds. The number of aromatic hydroxyl groups is 1. The molecule has 0 atom stereocenters.